The van der Waals surface area contributed by atoms with E-state index in [1.165, 1.54) is 6.42 Å². The number of hydrogen-bond donors (Lipinski definition) is 1. The third-order valence-corrected chi connectivity index (χ3v) is 3.90. The molecule has 2 unspecified atom stereocenters. The summed E-state index contributed by atoms with van der Waals surface area (Å²) in [6.45, 7) is 7.66. The van der Waals surface area contributed by atoms with Crippen molar-refractivity contribution in [1.82, 2.24) is 25.5 Å². The van der Waals surface area contributed by atoms with Gasteiger partial charge in [0.2, 0.25) is 5.16 Å². The molecule has 1 aromatic rings. The Bertz CT molecular complexity index is 301. The molecule has 1 heterocycles. The van der Waals surface area contributed by atoms with Crippen molar-refractivity contribution < 1.29 is 0 Å². The number of tetrazole rings is 1. The van der Waals surface area contributed by atoms with Gasteiger partial charge in [0.25, 0.3) is 0 Å². The summed E-state index contributed by atoms with van der Waals surface area (Å²) >= 11 is 1.71. The summed E-state index contributed by atoms with van der Waals surface area (Å²) < 4.78 is 1.71. The van der Waals surface area contributed by atoms with Crippen LogP contribution in [0, 0.1) is 5.92 Å². The zero-order valence-electron chi connectivity index (χ0n) is 10.5. The van der Waals surface area contributed by atoms with Gasteiger partial charge in [-0.3, -0.25) is 0 Å². The lowest BCUT2D eigenvalue weighted by atomic mass is 10.0. The summed E-state index contributed by atoms with van der Waals surface area (Å²) in [5.74, 6) is 1.69. The Hall–Kier alpha value is -0.620. The first-order valence-corrected chi connectivity index (χ1v) is 6.76. The zero-order valence-corrected chi connectivity index (χ0v) is 11.3. The van der Waals surface area contributed by atoms with Crippen molar-refractivity contribution in [2.24, 2.45) is 13.0 Å². The van der Waals surface area contributed by atoms with E-state index < -0.39 is 0 Å². The molecule has 0 aliphatic rings. The van der Waals surface area contributed by atoms with Gasteiger partial charge in [-0.05, 0) is 22.9 Å². The Labute approximate surface area is 101 Å². The van der Waals surface area contributed by atoms with Crippen LogP contribution in [0.1, 0.15) is 27.2 Å². The fourth-order valence-corrected chi connectivity index (χ4v) is 2.57. The number of aromatic nitrogens is 4. The number of rotatable bonds is 7. The number of hydrogen-bond acceptors (Lipinski definition) is 5. The van der Waals surface area contributed by atoms with Crippen molar-refractivity contribution >= 4 is 11.8 Å². The second-order valence-corrected chi connectivity index (χ2v) is 4.93. The molecule has 1 N–H and O–H groups in total. The highest BCUT2D eigenvalue weighted by Gasteiger charge is 2.16. The maximum atomic E-state index is 3.97. The van der Waals surface area contributed by atoms with E-state index in [2.05, 4.69) is 41.6 Å². The summed E-state index contributed by atoms with van der Waals surface area (Å²) in [7, 11) is 1.87. The highest BCUT2D eigenvalue weighted by molar-refractivity contribution is 7.99. The van der Waals surface area contributed by atoms with Gasteiger partial charge in [0.05, 0.1) is 0 Å². The van der Waals surface area contributed by atoms with Crippen LogP contribution in [-0.4, -0.2) is 38.5 Å². The first-order valence-electron chi connectivity index (χ1n) is 5.77. The number of aryl methyl sites for hydroxylation is 1. The van der Waals surface area contributed by atoms with E-state index in [0.29, 0.717) is 12.0 Å². The van der Waals surface area contributed by atoms with Crippen molar-refractivity contribution in [3.8, 4) is 0 Å². The Morgan fingerprint density at radius 1 is 1.44 bits per heavy atom. The van der Waals surface area contributed by atoms with Gasteiger partial charge in [-0.2, -0.15) is 0 Å². The van der Waals surface area contributed by atoms with Gasteiger partial charge in [0, 0.05) is 18.8 Å². The van der Waals surface area contributed by atoms with E-state index in [1.807, 2.05) is 7.05 Å². The maximum Gasteiger partial charge on any atom is 0.209 e. The standard InChI is InChI=1S/C10H21N5S/c1-5-8(3)9(11-6-2)7-16-10-12-13-14-15(10)4/h8-9,11H,5-7H2,1-4H3. The molecule has 92 valence electrons. The van der Waals surface area contributed by atoms with Crippen LogP contribution in [0.15, 0.2) is 5.16 Å². The van der Waals surface area contributed by atoms with Crippen molar-refractivity contribution in [3.05, 3.63) is 0 Å². The van der Waals surface area contributed by atoms with E-state index in [1.54, 1.807) is 16.4 Å². The van der Waals surface area contributed by atoms with Gasteiger partial charge in [-0.25, -0.2) is 4.68 Å². The molecule has 16 heavy (non-hydrogen) atoms. The fourth-order valence-electron chi connectivity index (χ4n) is 1.48. The molecule has 0 saturated heterocycles. The van der Waals surface area contributed by atoms with Crippen molar-refractivity contribution in [3.63, 3.8) is 0 Å². The average molecular weight is 243 g/mol. The summed E-state index contributed by atoms with van der Waals surface area (Å²) in [6.07, 6.45) is 1.19. The predicted octanol–water partition coefficient (Wildman–Crippen LogP) is 1.33. The Morgan fingerprint density at radius 2 is 2.19 bits per heavy atom. The van der Waals surface area contributed by atoms with Crippen LogP contribution in [0.3, 0.4) is 0 Å². The van der Waals surface area contributed by atoms with Crippen LogP contribution >= 0.6 is 11.8 Å². The second-order valence-electron chi connectivity index (χ2n) is 3.95. The second kappa shape index (κ2) is 6.85. The average Bonchev–Trinajstić information content (AvgIpc) is 2.69. The minimum atomic E-state index is 0.525. The number of nitrogens with zero attached hydrogens (tertiary/aromatic N) is 4. The van der Waals surface area contributed by atoms with Gasteiger partial charge in [-0.1, -0.05) is 39.0 Å². The fraction of sp³-hybridized carbons (Fsp3) is 0.900. The molecule has 0 fully saturated rings. The SMILES string of the molecule is CCNC(CSc1nnnn1C)C(C)CC. The molecule has 0 saturated carbocycles. The van der Waals surface area contributed by atoms with Crippen molar-refractivity contribution in [2.45, 2.75) is 38.4 Å². The van der Waals surface area contributed by atoms with Gasteiger partial charge in [-0.15, -0.1) is 5.10 Å². The molecular weight excluding hydrogens is 222 g/mol. The van der Waals surface area contributed by atoms with Crippen LogP contribution in [0.25, 0.3) is 0 Å². The quantitative estimate of drug-likeness (QED) is 0.732. The molecule has 0 aliphatic heterocycles. The topological polar surface area (TPSA) is 55.6 Å². The van der Waals surface area contributed by atoms with E-state index in [0.717, 1.165) is 17.5 Å². The molecular formula is C10H21N5S. The third kappa shape index (κ3) is 3.75. The van der Waals surface area contributed by atoms with Crippen LogP contribution in [0.4, 0.5) is 0 Å². The van der Waals surface area contributed by atoms with E-state index >= 15 is 0 Å². The Morgan fingerprint density at radius 3 is 2.69 bits per heavy atom. The van der Waals surface area contributed by atoms with Gasteiger partial charge in [0.1, 0.15) is 0 Å². The lowest BCUT2D eigenvalue weighted by molar-refractivity contribution is 0.403. The van der Waals surface area contributed by atoms with Crippen LogP contribution in [0.2, 0.25) is 0 Å². The maximum absolute atomic E-state index is 3.97. The predicted molar refractivity (Wildman–Crippen MR) is 66.4 cm³/mol. The van der Waals surface area contributed by atoms with E-state index in [-0.39, 0.29) is 0 Å². The summed E-state index contributed by atoms with van der Waals surface area (Å²) in [6, 6.07) is 0.525. The van der Waals surface area contributed by atoms with Gasteiger partial charge in [0.15, 0.2) is 0 Å². The molecule has 6 heteroatoms. The van der Waals surface area contributed by atoms with Gasteiger partial charge < -0.3 is 5.32 Å². The van der Waals surface area contributed by atoms with Crippen LogP contribution < -0.4 is 5.32 Å². The van der Waals surface area contributed by atoms with E-state index in [9.17, 15) is 0 Å². The monoisotopic (exact) mass is 243 g/mol. The first-order chi connectivity index (χ1) is 7.69. The van der Waals surface area contributed by atoms with Crippen molar-refractivity contribution in [1.29, 1.82) is 0 Å². The molecule has 0 bridgehead atoms. The Kier molecular flexibility index (Phi) is 5.76. The van der Waals surface area contributed by atoms with Crippen molar-refractivity contribution in [2.75, 3.05) is 12.3 Å². The van der Waals surface area contributed by atoms with E-state index in [4.69, 9.17) is 0 Å². The van der Waals surface area contributed by atoms with Gasteiger partial charge >= 0.3 is 0 Å². The summed E-state index contributed by atoms with van der Waals surface area (Å²) in [5.41, 5.74) is 0. The lowest BCUT2D eigenvalue weighted by Gasteiger charge is -2.22. The highest BCUT2D eigenvalue weighted by atomic mass is 32.2. The van der Waals surface area contributed by atoms with Crippen LogP contribution in [0.5, 0.6) is 0 Å². The number of thioether (sulfide) groups is 1. The summed E-state index contributed by atoms with van der Waals surface area (Å²) in [4.78, 5) is 0. The smallest absolute Gasteiger partial charge is 0.209 e. The number of nitrogens with one attached hydrogen (secondary N) is 1. The molecule has 0 amide bonds. The minimum absolute atomic E-state index is 0.525. The first kappa shape index (κ1) is 13.4. The normalized spacial score (nSPS) is 15.0. The molecule has 0 radical (unpaired) electrons. The molecule has 0 spiro atoms. The Balaban J connectivity index is 2.46. The zero-order chi connectivity index (χ0) is 12.0. The molecule has 1 rings (SSSR count). The third-order valence-electron chi connectivity index (χ3n) is 2.77. The minimum Gasteiger partial charge on any atom is -0.313 e. The molecule has 5 nitrogen and oxygen atoms in total. The molecule has 1 aromatic heterocycles. The molecule has 2 atom stereocenters. The summed E-state index contributed by atoms with van der Waals surface area (Å²) in [5, 5.41) is 15.8. The molecule has 0 aliphatic carbocycles. The largest absolute Gasteiger partial charge is 0.313 e. The lowest BCUT2D eigenvalue weighted by Crippen LogP contribution is -2.36. The molecule has 0 aromatic carbocycles. The highest BCUT2D eigenvalue weighted by Crippen LogP contribution is 2.18. The van der Waals surface area contributed by atoms with Crippen LogP contribution in [-0.2, 0) is 7.05 Å².